The van der Waals surface area contributed by atoms with Crippen molar-refractivity contribution < 1.29 is 32.3 Å². The van der Waals surface area contributed by atoms with Crippen LogP contribution in [0.2, 0.25) is 0 Å². The number of rotatable bonds is 7. The SMILES string of the molecule is CC(=NOC(=O)C(C)Oc1ccc(Oc2ccc(C(F)(F)F)cc2)cc1)C(C)C. The van der Waals surface area contributed by atoms with E-state index in [0.717, 1.165) is 12.1 Å². The molecule has 0 fully saturated rings. The smallest absolute Gasteiger partial charge is 0.416 e. The highest BCUT2D eigenvalue weighted by Gasteiger charge is 2.30. The van der Waals surface area contributed by atoms with Crippen molar-refractivity contribution in [3.8, 4) is 17.2 Å². The Morgan fingerprint density at radius 2 is 1.38 bits per heavy atom. The number of hydrogen-bond acceptors (Lipinski definition) is 5. The van der Waals surface area contributed by atoms with Gasteiger partial charge in [-0.25, -0.2) is 4.79 Å². The topological polar surface area (TPSA) is 57.1 Å². The summed E-state index contributed by atoms with van der Waals surface area (Å²) in [6.07, 6.45) is -5.27. The van der Waals surface area contributed by atoms with Gasteiger partial charge in [-0.3, -0.25) is 0 Å². The summed E-state index contributed by atoms with van der Waals surface area (Å²) in [7, 11) is 0. The van der Waals surface area contributed by atoms with Gasteiger partial charge in [0.2, 0.25) is 0 Å². The third kappa shape index (κ3) is 6.81. The molecule has 0 saturated heterocycles. The lowest BCUT2D eigenvalue weighted by Gasteiger charge is -2.13. The molecule has 0 aliphatic carbocycles. The van der Waals surface area contributed by atoms with Gasteiger partial charge in [0.05, 0.1) is 11.3 Å². The number of nitrogens with zero attached hydrogens (tertiary/aromatic N) is 1. The van der Waals surface area contributed by atoms with Crippen LogP contribution in [0.25, 0.3) is 0 Å². The van der Waals surface area contributed by atoms with Crippen molar-refractivity contribution in [2.45, 2.75) is 40.0 Å². The van der Waals surface area contributed by atoms with Gasteiger partial charge in [0.15, 0.2) is 6.10 Å². The first-order valence-electron chi connectivity index (χ1n) is 8.93. The molecule has 29 heavy (non-hydrogen) atoms. The summed E-state index contributed by atoms with van der Waals surface area (Å²) >= 11 is 0. The predicted molar refractivity (Wildman–Crippen MR) is 102 cm³/mol. The van der Waals surface area contributed by atoms with E-state index in [2.05, 4.69) is 5.16 Å². The fourth-order valence-electron chi connectivity index (χ4n) is 1.98. The molecule has 2 aromatic carbocycles. The number of carbonyl (C=O) groups excluding carboxylic acids is 1. The van der Waals surface area contributed by atoms with Crippen LogP contribution in [0.5, 0.6) is 17.2 Å². The maximum Gasteiger partial charge on any atom is 0.416 e. The van der Waals surface area contributed by atoms with Gasteiger partial charge in [-0.15, -0.1) is 0 Å². The number of hydrogen-bond donors (Lipinski definition) is 0. The first-order chi connectivity index (χ1) is 13.6. The molecule has 0 aliphatic heterocycles. The van der Waals surface area contributed by atoms with Crippen molar-refractivity contribution in [2.24, 2.45) is 11.1 Å². The Labute approximate surface area is 167 Å². The normalized spacial score (nSPS) is 13.2. The Morgan fingerprint density at radius 1 is 0.897 bits per heavy atom. The number of halogens is 3. The summed E-state index contributed by atoms with van der Waals surface area (Å²) in [5, 5.41) is 3.77. The quantitative estimate of drug-likeness (QED) is 0.327. The lowest BCUT2D eigenvalue weighted by atomic mass is 10.1. The van der Waals surface area contributed by atoms with Crippen LogP contribution < -0.4 is 9.47 Å². The van der Waals surface area contributed by atoms with Gasteiger partial charge < -0.3 is 14.3 Å². The largest absolute Gasteiger partial charge is 0.479 e. The Bertz CT molecular complexity index is 844. The molecule has 2 rings (SSSR count). The van der Waals surface area contributed by atoms with Gasteiger partial charge in [-0.2, -0.15) is 13.2 Å². The molecule has 0 N–H and O–H groups in total. The highest BCUT2D eigenvalue weighted by molar-refractivity contribution is 5.84. The van der Waals surface area contributed by atoms with Crippen LogP contribution in [0.15, 0.2) is 53.7 Å². The van der Waals surface area contributed by atoms with Crippen LogP contribution in [-0.4, -0.2) is 17.8 Å². The summed E-state index contributed by atoms with van der Waals surface area (Å²) in [5.41, 5.74) is -0.0577. The van der Waals surface area contributed by atoms with E-state index in [4.69, 9.17) is 14.3 Å². The Balaban J connectivity index is 1.93. The molecule has 0 saturated carbocycles. The second-order valence-electron chi connectivity index (χ2n) is 6.65. The van der Waals surface area contributed by atoms with Crippen LogP contribution in [0.3, 0.4) is 0 Å². The van der Waals surface area contributed by atoms with E-state index in [1.807, 2.05) is 13.8 Å². The molecule has 1 atom stereocenters. The molecule has 156 valence electrons. The van der Waals surface area contributed by atoms with E-state index < -0.39 is 23.8 Å². The number of benzene rings is 2. The van der Waals surface area contributed by atoms with Crippen LogP contribution in [0, 0.1) is 5.92 Å². The zero-order valence-corrected chi connectivity index (χ0v) is 16.5. The van der Waals surface area contributed by atoms with Crippen LogP contribution in [-0.2, 0) is 15.8 Å². The number of alkyl halides is 3. The average molecular weight is 409 g/mol. The minimum atomic E-state index is -4.39. The lowest BCUT2D eigenvalue weighted by molar-refractivity contribution is -0.151. The number of ether oxygens (including phenoxy) is 2. The van der Waals surface area contributed by atoms with Crippen molar-refractivity contribution in [2.75, 3.05) is 0 Å². The van der Waals surface area contributed by atoms with Crippen LogP contribution in [0.1, 0.15) is 33.3 Å². The Kier molecular flexibility index (Phi) is 7.25. The summed E-state index contributed by atoms with van der Waals surface area (Å²) < 4.78 is 48.8. The second-order valence-corrected chi connectivity index (χ2v) is 6.65. The third-order valence-electron chi connectivity index (χ3n) is 4.00. The molecule has 0 spiro atoms. The highest BCUT2D eigenvalue weighted by atomic mass is 19.4. The van der Waals surface area contributed by atoms with Gasteiger partial charge in [0.1, 0.15) is 17.2 Å². The highest BCUT2D eigenvalue weighted by Crippen LogP contribution is 2.31. The monoisotopic (exact) mass is 409 g/mol. The van der Waals surface area contributed by atoms with Crippen molar-refractivity contribution in [1.82, 2.24) is 0 Å². The zero-order chi connectivity index (χ0) is 21.6. The van der Waals surface area contributed by atoms with Crippen molar-refractivity contribution in [3.05, 3.63) is 54.1 Å². The third-order valence-corrected chi connectivity index (χ3v) is 4.00. The fourth-order valence-corrected chi connectivity index (χ4v) is 1.98. The van der Waals surface area contributed by atoms with Gasteiger partial charge in [0, 0.05) is 0 Å². The van der Waals surface area contributed by atoms with E-state index in [1.165, 1.54) is 19.1 Å². The lowest BCUT2D eigenvalue weighted by Crippen LogP contribution is -2.25. The number of carbonyl (C=O) groups is 1. The number of oxime groups is 1. The van der Waals surface area contributed by atoms with Crippen LogP contribution in [0.4, 0.5) is 13.2 Å². The molecule has 2 aromatic rings. The van der Waals surface area contributed by atoms with Crippen molar-refractivity contribution in [1.29, 1.82) is 0 Å². The molecule has 0 aliphatic rings. The van der Waals surface area contributed by atoms with E-state index >= 15 is 0 Å². The molecule has 0 aromatic heterocycles. The molecular formula is C21H22F3NO4. The molecule has 0 heterocycles. The first kappa shape index (κ1) is 22.3. The van der Waals surface area contributed by atoms with Crippen molar-refractivity contribution in [3.63, 3.8) is 0 Å². The minimum Gasteiger partial charge on any atom is -0.479 e. The van der Waals surface area contributed by atoms with Gasteiger partial charge in [-0.05, 0) is 68.3 Å². The Hall–Kier alpha value is -3.03. The zero-order valence-electron chi connectivity index (χ0n) is 16.5. The summed E-state index contributed by atoms with van der Waals surface area (Å²) in [4.78, 5) is 16.8. The molecule has 0 radical (unpaired) electrons. The van der Waals surface area contributed by atoms with Crippen molar-refractivity contribution >= 4 is 11.7 Å². The van der Waals surface area contributed by atoms with E-state index in [0.29, 0.717) is 17.2 Å². The van der Waals surface area contributed by atoms with Gasteiger partial charge in [-0.1, -0.05) is 19.0 Å². The second kappa shape index (κ2) is 9.45. The van der Waals surface area contributed by atoms with E-state index in [-0.39, 0.29) is 11.7 Å². The molecule has 1 unspecified atom stereocenters. The maximum atomic E-state index is 12.6. The molecule has 0 bridgehead atoms. The standard InChI is InChI=1S/C21H22F3NO4/c1-13(2)14(3)25-29-20(26)15(4)27-17-9-11-19(12-10-17)28-18-7-5-16(6-8-18)21(22,23)24/h5-13,15H,1-4H3. The predicted octanol–water partition coefficient (Wildman–Crippen LogP) is 5.84. The first-order valence-corrected chi connectivity index (χ1v) is 8.93. The summed E-state index contributed by atoms with van der Waals surface area (Å²) in [6, 6.07) is 10.7. The summed E-state index contributed by atoms with van der Waals surface area (Å²) in [6.45, 7) is 7.16. The molecular weight excluding hydrogens is 387 g/mol. The fraction of sp³-hybridized carbons (Fsp3) is 0.333. The summed E-state index contributed by atoms with van der Waals surface area (Å²) in [5.74, 6) is 0.608. The molecule has 5 nitrogen and oxygen atoms in total. The maximum absolute atomic E-state index is 12.6. The van der Waals surface area contributed by atoms with Crippen LogP contribution >= 0.6 is 0 Å². The molecule has 8 heteroatoms. The minimum absolute atomic E-state index is 0.163. The molecule has 0 amide bonds. The van der Waals surface area contributed by atoms with Gasteiger partial charge in [0.25, 0.3) is 0 Å². The average Bonchev–Trinajstić information content (AvgIpc) is 2.66. The van der Waals surface area contributed by atoms with E-state index in [1.54, 1.807) is 31.2 Å². The van der Waals surface area contributed by atoms with E-state index in [9.17, 15) is 18.0 Å². The Morgan fingerprint density at radius 3 is 1.86 bits per heavy atom. The van der Waals surface area contributed by atoms with Gasteiger partial charge >= 0.3 is 12.1 Å².